The molecule has 0 fully saturated rings. The predicted molar refractivity (Wildman–Crippen MR) is 127 cm³/mol. The minimum atomic E-state index is -0.149. The van der Waals surface area contributed by atoms with Gasteiger partial charge in [0.1, 0.15) is 12.0 Å². The first-order valence-corrected chi connectivity index (χ1v) is 12.0. The summed E-state index contributed by atoms with van der Waals surface area (Å²) in [5.41, 5.74) is 5.05. The highest BCUT2D eigenvalue weighted by atomic mass is 16.5. The van der Waals surface area contributed by atoms with E-state index in [4.69, 9.17) is 4.74 Å². The van der Waals surface area contributed by atoms with Crippen molar-refractivity contribution in [3.05, 3.63) is 41.6 Å². The molecule has 1 N–H and O–H groups in total. The molecule has 0 bridgehead atoms. The summed E-state index contributed by atoms with van der Waals surface area (Å²) < 4.78 is 5.91. The number of rotatable bonds is 8. The summed E-state index contributed by atoms with van der Waals surface area (Å²) in [6, 6.07) is 6.71. The highest BCUT2D eigenvalue weighted by molar-refractivity contribution is 5.99. The molecule has 1 aliphatic heterocycles. The Morgan fingerprint density at radius 3 is 2.72 bits per heavy atom. The van der Waals surface area contributed by atoms with Gasteiger partial charge in [0.15, 0.2) is 0 Å². The highest BCUT2D eigenvalue weighted by Crippen LogP contribution is 2.44. The van der Waals surface area contributed by atoms with Gasteiger partial charge in [0.25, 0.3) is 0 Å². The number of aromatic nitrogens is 1. The molecule has 4 rings (SSSR count). The molecule has 0 saturated carbocycles. The number of likely N-dealkylation sites (N-methyl/N-ethyl adjacent to an activating group) is 1. The lowest BCUT2D eigenvalue weighted by molar-refractivity contribution is -0.928. The van der Waals surface area contributed by atoms with Gasteiger partial charge in [-0.15, -0.1) is 0 Å². The molecule has 3 atom stereocenters. The Bertz CT molecular complexity index is 1040. The van der Waals surface area contributed by atoms with Gasteiger partial charge < -0.3 is 19.1 Å². The average molecular weight is 439 g/mol. The first kappa shape index (κ1) is 22.6. The number of aromatic amines is 1. The zero-order valence-electron chi connectivity index (χ0n) is 19.8. The maximum Gasteiger partial charge on any atom is 0.305 e. The Kier molecular flexibility index (Phi) is 6.42. The number of quaternary nitrogens is 1. The second kappa shape index (κ2) is 9.10. The number of hydrogen-bond donors (Lipinski definition) is 1. The lowest BCUT2D eigenvalue weighted by Crippen LogP contribution is -2.60. The average Bonchev–Trinajstić information content (AvgIpc) is 3.20. The van der Waals surface area contributed by atoms with Gasteiger partial charge in [-0.3, -0.25) is 9.59 Å². The standard InChI is InChI=1S/C26H36N3O3/c1-5-28(6-2)26(31)19-14-21-20-10-8-11-22-25(20)18(16-27-22)15-23(21)29(4,17-19)13-9-12-24(30)32-7-3/h8,10-11,14,16,19,23,27H,5-7,9,12-13,15,17H2,1-4H3/q+1/t19-,23-,29?/m1/s1. The number of carbonyl (C=O) groups excluding carboxylic acids is 2. The molecule has 0 spiro atoms. The van der Waals surface area contributed by atoms with Crippen molar-refractivity contribution in [2.75, 3.05) is 39.8 Å². The van der Waals surface area contributed by atoms with Crippen molar-refractivity contribution in [1.29, 1.82) is 0 Å². The van der Waals surface area contributed by atoms with E-state index in [-0.39, 0.29) is 23.8 Å². The van der Waals surface area contributed by atoms with Crippen LogP contribution in [0.5, 0.6) is 0 Å². The fraction of sp³-hybridized carbons (Fsp3) is 0.538. The predicted octanol–water partition coefficient (Wildman–Crippen LogP) is 3.76. The maximum atomic E-state index is 13.4. The Labute approximate surface area is 190 Å². The minimum Gasteiger partial charge on any atom is -0.466 e. The third-order valence-corrected chi connectivity index (χ3v) is 7.37. The largest absolute Gasteiger partial charge is 0.466 e. The van der Waals surface area contributed by atoms with Crippen LogP contribution in [0.4, 0.5) is 0 Å². The van der Waals surface area contributed by atoms with E-state index in [0.717, 1.165) is 49.0 Å². The molecule has 1 aromatic carbocycles. The van der Waals surface area contributed by atoms with Gasteiger partial charge in [-0.05, 0) is 38.0 Å². The van der Waals surface area contributed by atoms with Crippen LogP contribution in [0.1, 0.15) is 44.7 Å². The molecule has 6 nitrogen and oxygen atoms in total. The number of esters is 1. The van der Waals surface area contributed by atoms with Crippen LogP contribution in [-0.4, -0.2) is 72.1 Å². The second-order valence-corrected chi connectivity index (χ2v) is 9.30. The van der Waals surface area contributed by atoms with Gasteiger partial charge in [0.05, 0.1) is 33.2 Å². The number of H-pyrrole nitrogens is 1. The number of hydrogen-bond acceptors (Lipinski definition) is 3. The Morgan fingerprint density at radius 2 is 2.00 bits per heavy atom. The third kappa shape index (κ3) is 3.96. The summed E-state index contributed by atoms with van der Waals surface area (Å²) in [4.78, 5) is 30.8. The number of benzene rings is 1. The topological polar surface area (TPSA) is 62.4 Å². The van der Waals surface area contributed by atoms with Gasteiger partial charge in [-0.25, -0.2) is 0 Å². The second-order valence-electron chi connectivity index (χ2n) is 9.30. The third-order valence-electron chi connectivity index (χ3n) is 7.37. The Hall–Kier alpha value is -2.60. The van der Waals surface area contributed by atoms with Gasteiger partial charge >= 0.3 is 5.97 Å². The van der Waals surface area contributed by atoms with Crippen LogP contribution in [0.15, 0.2) is 30.5 Å². The van der Waals surface area contributed by atoms with E-state index in [2.05, 4.69) is 42.5 Å². The molecule has 2 heterocycles. The fourth-order valence-corrected chi connectivity index (χ4v) is 5.74. The van der Waals surface area contributed by atoms with Crippen LogP contribution >= 0.6 is 0 Å². The number of ether oxygens (including phenoxy) is 1. The lowest BCUT2D eigenvalue weighted by atomic mass is 9.78. The van der Waals surface area contributed by atoms with E-state index in [1.807, 2.05) is 25.7 Å². The van der Waals surface area contributed by atoms with Crippen molar-refractivity contribution in [2.24, 2.45) is 5.92 Å². The monoisotopic (exact) mass is 438 g/mol. The number of carbonyl (C=O) groups is 2. The molecule has 1 aromatic heterocycles. The molecule has 2 aliphatic rings. The maximum absolute atomic E-state index is 13.4. The molecular formula is C26H36N3O3+. The summed E-state index contributed by atoms with van der Waals surface area (Å²) in [5.74, 6) is -0.0730. The van der Waals surface area contributed by atoms with Crippen LogP contribution in [0.25, 0.3) is 16.5 Å². The molecule has 32 heavy (non-hydrogen) atoms. The van der Waals surface area contributed by atoms with E-state index in [0.29, 0.717) is 13.0 Å². The van der Waals surface area contributed by atoms with Crippen LogP contribution in [0.3, 0.4) is 0 Å². The highest BCUT2D eigenvalue weighted by Gasteiger charge is 2.46. The summed E-state index contributed by atoms with van der Waals surface area (Å²) in [5, 5.41) is 1.30. The molecule has 172 valence electrons. The first-order valence-electron chi connectivity index (χ1n) is 12.0. The van der Waals surface area contributed by atoms with Gasteiger partial charge in [0.2, 0.25) is 5.91 Å². The van der Waals surface area contributed by atoms with Gasteiger partial charge in [-0.2, -0.15) is 0 Å². The van der Waals surface area contributed by atoms with Crippen LogP contribution in [-0.2, 0) is 20.7 Å². The molecular weight excluding hydrogens is 402 g/mol. The first-order chi connectivity index (χ1) is 15.4. The molecule has 1 amide bonds. The summed E-state index contributed by atoms with van der Waals surface area (Å²) >= 11 is 0. The molecule has 6 heteroatoms. The van der Waals surface area contributed by atoms with Crippen molar-refractivity contribution >= 4 is 28.4 Å². The number of nitrogens with one attached hydrogen (secondary N) is 1. The quantitative estimate of drug-likeness (QED) is 0.504. The number of amides is 1. The molecule has 1 aliphatic carbocycles. The summed E-state index contributed by atoms with van der Waals surface area (Å²) in [6.45, 7) is 9.41. The van der Waals surface area contributed by atoms with Crippen molar-refractivity contribution in [3.8, 4) is 0 Å². The van der Waals surface area contributed by atoms with E-state index >= 15 is 0 Å². The lowest BCUT2D eigenvalue weighted by Gasteiger charge is -2.49. The number of nitrogens with zero attached hydrogens (tertiary/aromatic N) is 2. The minimum absolute atomic E-state index is 0.135. The van der Waals surface area contributed by atoms with E-state index < -0.39 is 0 Å². The van der Waals surface area contributed by atoms with Crippen molar-refractivity contribution in [3.63, 3.8) is 0 Å². The van der Waals surface area contributed by atoms with Crippen LogP contribution in [0, 0.1) is 5.92 Å². The van der Waals surface area contributed by atoms with E-state index in [1.165, 1.54) is 22.1 Å². The number of fused-ring (bicyclic) bond motifs is 2. The Balaban J connectivity index is 1.70. The van der Waals surface area contributed by atoms with Gasteiger partial charge in [0, 0.05) is 48.6 Å². The molecule has 0 radical (unpaired) electrons. The van der Waals surface area contributed by atoms with E-state index in [9.17, 15) is 9.59 Å². The molecule has 2 aromatic rings. The molecule has 1 unspecified atom stereocenters. The van der Waals surface area contributed by atoms with Crippen LogP contribution in [0.2, 0.25) is 0 Å². The SMILES string of the molecule is CCOC(=O)CCC[N+]1(C)C[C@H](C(=O)N(CC)CC)C=C2c3cccc4[nH]cc(c34)C[C@H]21. The zero-order valence-corrected chi connectivity index (χ0v) is 19.8. The van der Waals surface area contributed by atoms with Crippen LogP contribution < -0.4 is 0 Å². The van der Waals surface area contributed by atoms with Crippen molar-refractivity contribution in [1.82, 2.24) is 9.88 Å². The summed E-state index contributed by atoms with van der Waals surface area (Å²) in [7, 11) is 2.27. The smallest absolute Gasteiger partial charge is 0.305 e. The van der Waals surface area contributed by atoms with E-state index in [1.54, 1.807) is 0 Å². The summed E-state index contributed by atoms with van der Waals surface area (Å²) in [6.07, 6.45) is 6.52. The van der Waals surface area contributed by atoms with Crippen molar-refractivity contribution < 1.29 is 18.8 Å². The normalized spacial score (nSPS) is 24.1. The Morgan fingerprint density at radius 1 is 1.22 bits per heavy atom. The fourth-order valence-electron chi connectivity index (χ4n) is 5.74. The molecule has 0 saturated heterocycles. The van der Waals surface area contributed by atoms with Gasteiger partial charge in [-0.1, -0.05) is 18.2 Å². The van der Waals surface area contributed by atoms with Crippen molar-refractivity contribution in [2.45, 2.75) is 46.1 Å². The zero-order chi connectivity index (χ0) is 22.9.